The molecule has 1 aliphatic heterocycles. The number of hydrogen-bond donors (Lipinski definition) is 0. The summed E-state index contributed by atoms with van der Waals surface area (Å²) in [6.45, 7) is 2.13. The second kappa shape index (κ2) is 6.71. The zero-order chi connectivity index (χ0) is 14.7. The highest BCUT2D eigenvalue weighted by atomic mass is 35.5. The maximum atomic E-state index is 6.51. The maximum absolute atomic E-state index is 6.51. The molecule has 1 aromatic carbocycles. The van der Waals surface area contributed by atoms with Crippen molar-refractivity contribution >= 4 is 11.6 Å². The molecule has 0 bridgehead atoms. The molecule has 2 atom stereocenters. The molecule has 2 aliphatic rings. The molecule has 2 fully saturated rings. The molecular weight excluding hydrogens is 280 g/mol. The van der Waals surface area contributed by atoms with Gasteiger partial charge in [-0.05, 0) is 50.5 Å². The van der Waals surface area contributed by atoms with Gasteiger partial charge in [-0.2, -0.15) is 0 Å². The Morgan fingerprint density at radius 3 is 2.52 bits per heavy atom. The molecule has 1 heterocycles. The largest absolute Gasteiger partial charge is 0.372 e. The summed E-state index contributed by atoms with van der Waals surface area (Å²) in [6, 6.07) is 8.83. The van der Waals surface area contributed by atoms with E-state index in [0.717, 1.165) is 6.42 Å². The van der Waals surface area contributed by atoms with Gasteiger partial charge < -0.3 is 4.74 Å². The van der Waals surface area contributed by atoms with E-state index in [1.54, 1.807) is 0 Å². The summed E-state index contributed by atoms with van der Waals surface area (Å²) in [5, 5.41) is 0. The molecule has 1 aromatic rings. The molecule has 0 radical (unpaired) electrons. The van der Waals surface area contributed by atoms with E-state index in [2.05, 4.69) is 31.2 Å². The fourth-order valence-corrected chi connectivity index (χ4v) is 4.37. The third kappa shape index (κ3) is 3.63. The van der Waals surface area contributed by atoms with Crippen LogP contribution < -0.4 is 0 Å². The second-order valence-electron chi connectivity index (χ2n) is 7.02. The Morgan fingerprint density at radius 1 is 1.14 bits per heavy atom. The van der Waals surface area contributed by atoms with Crippen molar-refractivity contribution in [1.29, 1.82) is 0 Å². The molecule has 0 amide bonds. The summed E-state index contributed by atoms with van der Waals surface area (Å²) >= 11 is 6.24. The van der Waals surface area contributed by atoms with E-state index in [9.17, 15) is 0 Å². The predicted molar refractivity (Wildman–Crippen MR) is 89.2 cm³/mol. The lowest BCUT2D eigenvalue weighted by atomic mass is 9.83. The third-order valence-electron chi connectivity index (χ3n) is 5.39. The van der Waals surface area contributed by atoms with Gasteiger partial charge in [-0.15, -0.1) is 11.6 Å². The monoisotopic (exact) mass is 306 g/mol. The van der Waals surface area contributed by atoms with Crippen LogP contribution in [0.1, 0.15) is 68.4 Å². The molecule has 1 saturated carbocycles. The van der Waals surface area contributed by atoms with Crippen LogP contribution >= 0.6 is 11.6 Å². The molecule has 2 unspecified atom stereocenters. The summed E-state index contributed by atoms with van der Waals surface area (Å²) in [4.78, 5) is 0. The quantitative estimate of drug-likeness (QED) is 0.659. The number of aryl methyl sites for hydroxylation is 1. The van der Waals surface area contributed by atoms with E-state index in [0.29, 0.717) is 17.9 Å². The average molecular weight is 307 g/mol. The second-order valence-corrected chi connectivity index (χ2v) is 7.33. The van der Waals surface area contributed by atoms with Gasteiger partial charge in [0.25, 0.3) is 0 Å². The molecule has 116 valence electrons. The van der Waals surface area contributed by atoms with Gasteiger partial charge in [-0.1, -0.05) is 49.1 Å². The van der Waals surface area contributed by atoms with Crippen LogP contribution in [0.3, 0.4) is 0 Å². The standard InChI is InChI=1S/C19H27ClO/c1-15-5-7-16(8-6-15)17(14-20)13-18-9-12-19(21-18)10-3-2-4-11-19/h5-8,17-18H,2-4,9-14H2,1H3. The minimum atomic E-state index is 0.229. The Labute approximate surface area is 134 Å². The highest BCUT2D eigenvalue weighted by molar-refractivity contribution is 6.18. The lowest BCUT2D eigenvalue weighted by Gasteiger charge is -2.33. The van der Waals surface area contributed by atoms with E-state index in [4.69, 9.17) is 16.3 Å². The van der Waals surface area contributed by atoms with E-state index in [1.165, 1.54) is 56.1 Å². The van der Waals surface area contributed by atoms with Gasteiger partial charge in [0.1, 0.15) is 0 Å². The SMILES string of the molecule is Cc1ccc(C(CCl)CC2CCC3(CCCCC3)O2)cc1. The Kier molecular flexibility index (Phi) is 4.91. The number of ether oxygens (including phenoxy) is 1. The van der Waals surface area contributed by atoms with Crippen LogP contribution in [0, 0.1) is 6.92 Å². The Morgan fingerprint density at radius 2 is 1.86 bits per heavy atom. The highest BCUT2D eigenvalue weighted by Crippen LogP contribution is 2.44. The number of benzene rings is 1. The fraction of sp³-hybridized carbons (Fsp3) is 0.684. The number of hydrogen-bond acceptors (Lipinski definition) is 1. The van der Waals surface area contributed by atoms with Crippen LogP contribution in [0.2, 0.25) is 0 Å². The first-order valence-corrected chi connectivity index (χ1v) is 9.05. The predicted octanol–water partition coefficient (Wildman–Crippen LogP) is 5.59. The van der Waals surface area contributed by atoms with Gasteiger partial charge in [0.05, 0.1) is 11.7 Å². The van der Waals surface area contributed by atoms with Crippen molar-refractivity contribution in [3.63, 3.8) is 0 Å². The normalized spacial score (nSPS) is 26.1. The molecular formula is C19H27ClO. The topological polar surface area (TPSA) is 9.23 Å². The summed E-state index contributed by atoms with van der Waals surface area (Å²) < 4.78 is 6.51. The zero-order valence-corrected chi connectivity index (χ0v) is 13.9. The van der Waals surface area contributed by atoms with Gasteiger partial charge >= 0.3 is 0 Å². The molecule has 1 aliphatic carbocycles. The summed E-state index contributed by atoms with van der Waals surface area (Å²) in [5.74, 6) is 1.12. The molecule has 1 spiro atoms. The van der Waals surface area contributed by atoms with Gasteiger partial charge in [0.15, 0.2) is 0 Å². The molecule has 0 aromatic heterocycles. The Balaban J connectivity index is 1.61. The van der Waals surface area contributed by atoms with E-state index in [-0.39, 0.29) is 5.60 Å². The molecule has 0 N–H and O–H groups in total. The van der Waals surface area contributed by atoms with Crippen LogP contribution in [-0.4, -0.2) is 17.6 Å². The van der Waals surface area contributed by atoms with E-state index in [1.807, 2.05) is 0 Å². The van der Waals surface area contributed by atoms with Crippen LogP contribution in [-0.2, 0) is 4.74 Å². The highest BCUT2D eigenvalue weighted by Gasteiger charge is 2.41. The number of halogens is 1. The minimum Gasteiger partial charge on any atom is -0.372 e. The van der Waals surface area contributed by atoms with Gasteiger partial charge in [-0.3, -0.25) is 0 Å². The fourth-order valence-electron chi connectivity index (χ4n) is 4.07. The lowest BCUT2D eigenvalue weighted by Crippen LogP contribution is -2.32. The third-order valence-corrected chi connectivity index (χ3v) is 5.76. The first-order chi connectivity index (χ1) is 10.2. The van der Waals surface area contributed by atoms with E-state index >= 15 is 0 Å². The van der Waals surface area contributed by atoms with Crippen molar-refractivity contribution < 1.29 is 4.74 Å². The van der Waals surface area contributed by atoms with E-state index < -0.39 is 0 Å². The van der Waals surface area contributed by atoms with Crippen molar-refractivity contribution in [1.82, 2.24) is 0 Å². The van der Waals surface area contributed by atoms with Crippen molar-refractivity contribution in [2.75, 3.05) is 5.88 Å². The Hall–Kier alpha value is -0.530. The van der Waals surface area contributed by atoms with Crippen molar-refractivity contribution in [3.05, 3.63) is 35.4 Å². The minimum absolute atomic E-state index is 0.229. The number of alkyl halides is 1. The molecule has 1 saturated heterocycles. The first-order valence-electron chi connectivity index (χ1n) is 8.51. The average Bonchev–Trinajstić information content (AvgIpc) is 2.89. The van der Waals surface area contributed by atoms with Crippen molar-refractivity contribution in [2.45, 2.75) is 75.9 Å². The summed E-state index contributed by atoms with van der Waals surface area (Å²) in [7, 11) is 0. The van der Waals surface area contributed by atoms with Crippen LogP contribution in [0.4, 0.5) is 0 Å². The molecule has 3 rings (SSSR count). The van der Waals surface area contributed by atoms with Crippen molar-refractivity contribution in [2.24, 2.45) is 0 Å². The van der Waals surface area contributed by atoms with Gasteiger partial charge in [-0.25, -0.2) is 0 Å². The smallest absolute Gasteiger partial charge is 0.0687 e. The summed E-state index contributed by atoms with van der Waals surface area (Å²) in [5.41, 5.74) is 2.90. The van der Waals surface area contributed by atoms with Crippen LogP contribution in [0.25, 0.3) is 0 Å². The number of rotatable bonds is 4. The van der Waals surface area contributed by atoms with Crippen LogP contribution in [0.15, 0.2) is 24.3 Å². The zero-order valence-electron chi connectivity index (χ0n) is 13.1. The Bertz CT molecular complexity index is 447. The summed E-state index contributed by atoms with van der Waals surface area (Å²) in [6.07, 6.45) is 10.6. The first kappa shape index (κ1) is 15.4. The maximum Gasteiger partial charge on any atom is 0.0687 e. The van der Waals surface area contributed by atoms with Crippen molar-refractivity contribution in [3.8, 4) is 0 Å². The van der Waals surface area contributed by atoms with Gasteiger partial charge in [0.2, 0.25) is 0 Å². The van der Waals surface area contributed by atoms with Gasteiger partial charge in [0, 0.05) is 5.88 Å². The molecule has 2 heteroatoms. The molecule has 21 heavy (non-hydrogen) atoms. The van der Waals surface area contributed by atoms with Crippen LogP contribution in [0.5, 0.6) is 0 Å². The molecule has 1 nitrogen and oxygen atoms in total. The lowest BCUT2D eigenvalue weighted by molar-refractivity contribution is -0.0669.